The van der Waals surface area contributed by atoms with E-state index >= 15 is 0 Å². The first-order chi connectivity index (χ1) is 8.86. The summed E-state index contributed by atoms with van der Waals surface area (Å²) in [6.07, 6.45) is 3.00. The summed E-state index contributed by atoms with van der Waals surface area (Å²) in [5.74, 6) is -0.131. The number of aromatic amines is 1. The van der Waals surface area contributed by atoms with Crippen LogP contribution in [0.3, 0.4) is 0 Å². The number of hydrogen-bond donors (Lipinski definition) is 3. The van der Waals surface area contributed by atoms with E-state index < -0.39 is 0 Å². The molecule has 1 aromatic heterocycles. The van der Waals surface area contributed by atoms with E-state index in [2.05, 4.69) is 36.3 Å². The van der Waals surface area contributed by atoms with Crippen LogP contribution in [0, 0.1) is 0 Å². The topological polar surface area (TPSA) is 78.0 Å². The Labute approximate surface area is 113 Å². The number of carbonyl (C=O) groups excluding carboxylic acids is 1. The van der Waals surface area contributed by atoms with E-state index in [1.165, 1.54) is 0 Å². The molecule has 0 unspecified atom stereocenters. The molecule has 2 rings (SSSR count). The maximum atomic E-state index is 12.1. The first-order valence-corrected chi connectivity index (χ1v) is 6.91. The average Bonchev–Trinajstić information content (AvgIpc) is 2.81. The van der Waals surface area contributed by atoms with Crippen LogP contribution in [0.1, 0.15) is 62.6 Å². The second-order valence-electron chi connectivity index (χ2n) is 6.40. The van der Waals surface area contributed by atoms with Crippen molar-refractivity contribution < 1.29 is 9.90 Å². The van der Waals surface area contributed by atoms with Gasteiger partial charge in [0.2, 0.25) is 0 Å². The number of amides is 1. The van der Waals surface area contributed by atoms with Gasteiger partial charge in [-0.2, -0.15) is 5.10 Å². The molecular weight excluding hydrogens is 242 g/mol. The van der Waals surface area contributed by atoms with Crippen LogP contribution in [0.15, 0.2) is 6.07 Å². The standard InChI is InChI=1S/C14H23N3O2/c1-14(2,3)12-8-11(16-17-12)13(19)15-9-4-6-10(18)7-5-9/h8-10,18H,4-7H2,1-3H3,(H,15,19)(H,16,17). The Balaban J connectivity index is 1.95. The number of aliphatic hydroxyl groups is 1. The van der Waals surface area contributed by atoms with Gasteiger partial charge in [0.05, 0.1) is 6.10 Å². The Hall–Kier alpha value is -1.36. The van der Waals surface area contributed by atoms with Crippen LogP contribution in [-0.2, 0) is 5.41 Å². The van der Waals surface area contributed by atoms with Crippen molar-refractivity contribution in [3.05, 3.63) is 17.5 Å². The zero-order valence-electron chi connectivity index (χ0n) is 11.9. The van der Waals surface area contributed by atoms with E-state index in [1.54, 1.807) is 0 Å². The SMILES string of the molecule is CC(C)(C)c1cc(C(=O)NC2CCC(O)CC2)n[nH]1. The van der Waals surface area contributed by atoms with Crippen LogP contribution in [-0.4, -0.2) is 33.4 Å². The molecule has 19 heavy (non-hydrogen) atoms. The highest BCUT2D eigenvalue weighted by Crippen LogP contribution is 2.21. The summed E-state index contributed by atoms with van der Waals surface area (Å²) in [5.41, 5.74) is 1.35. The fourth-order valence-corrected chi connectivity index (χ4v) is 2.30. The second-order valence-corrected chi connectivity index (χ2v) is 6.40. The van der Waals surface area contributed by atoms with E-state index in [1.807, 2.05) is 6.07 Å². The number of hydrogen-bond acceptors (Lipinski definition) is 3. The van der Waals surface area contributed by atoms with E-state index in [4.69, 9.17) is 0 Å². The van der Waals surface area contributed by atoms with Crippen molar-refractivity contribution >= 4 is 5.91 Å². The lowest BCUT2D eigenvalue weighted by Crippen LogP contribution is -2.38. The Morgan fingerprint density at radius 1 is 1.37 bits per heavy atom. The zero-order chi connectivity index (χ0) is 14.0. The molecule has 5 heteroatoms. The second kappa shape index (κ2) is 5.33. The smallest absolute Gasteiger partial charge is 0.271 e. The Kier molecular flexibility index (Phi) is 3.94. The number of H-pyrrole nitrogens is 1. The fourth-order valence-electron chi connectivity index (χ4n) is 2.30. The first kappa shape index (κ1) is 14.1. The van der Waals surface area contributed by atoms with Crippen LogP contribution < -0.4 is 5.32 Å². The largest absolute Gasteiger partial charge is 0.393 e. The number of carbonyl (C=O) groups is 1. The lowest BCUT2D eigenvalue weighted by molar-refractivity contribution is 0.0863. The molecule has 1 saturated carbocycles. The highest BCUT2D eigenvalue weighted by atomic mass is 16.3. The van der Waals surface area contributed by atoms with Gasteiger partial charge in [-0.15, -0.1) is 0 Å². The molecule has 1 fully saturated rings. The molecular formula is C14H23N3O2. The van der Waals surface area contributed by atoms with Crippen LogP contribution in [0.2, 0.25) is 0 Å². The number of aliphatic hydroxyl groups excluding tert-OH is 1. The van der Waals surface area contributed by atoms with Gasteiger partial charge < -0.3 is 10.4 Å². The third kappa shape index (κ3) is 3.56. The molecule has 1 aromatic rings. The van der Waals surface area contributed by atoms with Gasteiger partial charge in [-0.25, -0.2) is 0 Å². The molecule has 1 heterocycles. The first-order valence-electron chi connectivity index (χ1n) is 6.91. The average molecular weight is 265 g/mol. The molecule has 1 amide bonds. The molecule has 5 nitrogen and oxygen atoms in total. The maximum Gasteiger partial charge on any atom is 0.271 e. The number of rotatable bonds is 2. The van der Waals surface area contributed by atoms with Gasteiger partial charge in [0, 0.05) is 17.2 Å². The minimum Gasteiger partial charge on any atom is -0.393 e. The van der Waals surface area contributed by atoms with Crippen molar-refractivity contribution in [2.45, 2.75) is 64.0 Å². The minimum absolute atomic E-state index is 0.0412. The van der Waals surface area contributed by atoms with E-state index in [-0.39, 0.29) is 23.5 Å². The van der Waals surface area contributed by atoms with Gasteiger partial charge in [0.25, 0.3) is 5.91 Å². The van der Waals surface area contributed by atoms with Crippen LogP contribution in [0.5, 0.6) is 0 Å². The highest BCUT2D eigenvalue weighted by molar-refractivity contribution is 5.92. The van der Waals surface area contributed by atoms with Gasteiger partial charge in [0.1, 0.15) is 5.69 Å². The fraction of sp³-hybridized carbons (Fsp3) is 0.714. The van der Waals surface area contributed by atoms with Crippen LogP contribution in [0.25, 0.3) is 0 Å². The summed E-state index contributed by atoms with van der Waals surface area (Å²) in [5, 5.41) is 19.4. The molecule has 3 N–H and O–H groups in total. The molecule has 1 aliphatic carbocycles. The van der Waals surface area contributed by atoms with Crippen molar-refractivity contribution in [1.29, 1.82) is 0 Å². The molecule has 0 spiro atoms. The third-order valence-corrected chi connectivity index (χ3v) is 3.65. The van der Waals surface area contributed by atoms with Crippen molar-refractivity contribution in [3.63, 3.8) is 0 Å². The summed E-state index contributed by atoms with van der Waals surface area (Å²) in [7, 11) is 0. The summed E-state index contributed by atoms with van der Waals surface area (Å²) in [4.78, 5) is 12.1. The molecule has 0 radical (unpaired) electrons. The van der Waals surface area contributed by atoms with Crippen molar-refractivity contribution in [2.75, 3.05) is 0 Å². The molecule has 0 aliphatic heterocycles. The third-order valence-electron chi connectivity index (χ3n) is 3.65. The quantitative estimate of drug-likeness (QED) is 0.762. The van der Waals surface area contributed by atoms with Crippen LogP contribution >= 0.6 is 0 Å². The predicted octanol–water partition coefficient (Wildman–Crippen LogP) is 1.74. The summed E-state index contributed by atoms with van der Waals surface area (Å²) >= 11 is 0. The van der Waals surface area contributed by atoms with Crippen LogP contribution in [0.4, 0.5) is 0 Å². The number of nitrogens with zero attached hydrogens (tertiary/aromatic N) is 1. The summed E-state index contributed by atoms with van der Waals surface area (Å²) < 4.78 is 0. The lowest BCUT2D eigenvalue weighted by atomic mass is 9.92. The number of nitrogens with one attached hydrogen (secondary N) is 2. The van der Waals surface area contributed by atoms with Gasteiger partial charge >= 0.3 is 0 Å². The Morgan fingerprint density at radius 2 is 2.00 bits per heavy atom. The predicted molar refractivity (Wildman–Crippen MR) is 73.0 cm³/mol. The lowest BCUT2D eigenvalue weighted by Gasteiger charge is -2.25. The molecule has 0 atom stereocenters. The Morgan fingerprint density at radius 3 is 2.53 bits per heavy atom. The summed E-state index contributed by atoms with van der Waals surface area (Å²) in [6, 6.07) is 1.97. The van der Waals surface area contributed by atoms with Gasteiger partial charge in [-0.05, 0) is 31.7 Å². The van der Waals surface area contributed by atoms with E-state index in [9.17, 15) is 9.90 Å². The van der Waals surface area contributed by atoms with E-state index in [0.717, 1.165) is 31.4 Å². The molecule has 106 valence electrons. The Bertz CT molecular complexity index is 440. The molecule has 0 aromatic carbocycles. The normalized spacial score (nSPS) is 24.2. The monoisotopic (exact) mass is 265 g/mol. The van der Waals surface area contributed by atoms with Gasteiger partial charge in [-0.1, -0.05) is 20.8 Å². The number of aromatic nitrogens is 2. The van der Waals surface area contributed by atoms with Gasteiger partial charge in [-0.3, -0.25) is 9.89 Å². The van der Waals surface area contributed by atoms with Gasteiger partial charge in [0.15, 0.2) is 0 Å². The molecule has 0 bridgehead atoms. The summed E-state index contributed by atoms with van der Waals surface area (Å²) in [6.45, 7) is 6.22. The van der Waals surface area contributed by atoms with Crippen molar-refractivity contribution in [3.8, 4) is 0 Å². The highest BCUT2D eigenvalue weighted by Gasteiger charge is 2.23. The maximum absolute atomic E-state index is 12.1. The zero-order valence-corrected chi connectivity index (χ0v) is 11.9. The minimum atomic E-state index is -0.203. The van der Waals surface area contributed by atoms with E-state index in [0.29, 0.717) is 5.69 Å². The molecule has 0 saturated heterocycles. The van der Waals surface area contributed by atoms with Crippen molar-refractivity contribution in [1.82, 2.24) is 15.5 Å². The molecule has 1 aliphatic rings. The van der Waals surface area contributed by atoms with Crippen molar-refractivity contribution in [2.24, 2.45) is 0 Å².